The maximum atomic E-state index is 5.51. The van der Waals surface area contributed by atoms with Gasteiger partial charge < -0.3 is 20.1 Å². The van der Waals surface area contributed by atoms with Crippen LogP contribution in [0.4, 0.5) is 11.9 Å². The summed E-state index contributed by atoms with van der Waals surface area (Å²) in [7, 11) is 0. The highest BCUT2D eigenvalue weighted by Crippen LogP contribution is 2.11. The van der Waals surface area contributed by atoms with Crippen molar-refractivity contribution in [3.05, 3.63) is 0 Å². The Morgan fingerprint density at radius 3 is 2.29 bits per heavy atom. The van der Waals surface area contributed by atoms with E-state index in [9.17, 15) is 0 Å². The molecule has 1 aromatic heterocycles. The summed E-state index contributed by atoms with van der Waals surface area (Å²) < 4.78 is 10.8. The topological polar surface area (TPSA) is 81.2 Å². The van der Waals surface area contributed by atoms with Crippen LogP contribution in [0.5, 0.6) is 6.01 Å². The molecule has 0 saturated heterocycles. The standard InChI is InChI=1S/C14H27N5O2/c1-4-7-10-20-11-8-9-16-13-17-12(15-5-2)18-14(19-13)21-6-3/h4-11H2,1-3H3,(H2,15,16,17,18,19). The summed E-state index contributed by atoms with van der Waals surface area (Å²) in [6.07, 6.45) is 3.19. The molecule has 0 radical (unpaired) electrons. The average molecular weight is 297 g/mol. The summed E-state index contributed by atoms with van der Waals surface area (Å²) in [5.41, 5.74) is 0. The van der Waals surface area contributed by atoms with Crippen molar-refractivity contribution in [2.75, 3.05) is 43.5 Å². The van der Waals surface area contributed by atoms with Crippen molar-refractivity contribution in [2.24, 2.45) is 0 Å². The number of nitrogens with one attached hydrogen (secondary N) is 2. The molecule has 0 fully saturated rings. The summed E-state index contributed by atoms with van der Waals surface area (Å²) in [4.78, 5) is 12.7. The second kappa shape index (κ2) is 11.1. The molecular formula is C14H27N5O2. The fourth-order valence-corrected chi connectivity index (χ4v) is 1.59. The second-order valence-corrected chi connectivity index (χ2v) is 4.47. The Morgan fingerprint density at radius 2 is 1.62 bits per heavy atom. The van der Waals surface area contributed by atoms with Gasteiger partial charge in [0.15, 0.2) is 0 Å². The molecule has 0 bridgehead atoms. The number of ether oxygens (including phenoxy) is 2. The zero-order valence-electron chi connectivity index (χ0n) is 13.3. The Hall–Kier alpha value is -1.63. The molecule has 120 valence electrons. The van der Waals surface area contributed by atoms with Gasteiger partial charge in [-0.05, 0) is 26.7 Å². The van der Waals surface area contributed by atoms with E-state index in [1.807, 2.05) is 13.8 Å². The minimum absolute atomic E-state index is 0.338. The van der Waals surface area contributed by atoms with Gasteiger partial charge in [-0.25, -0.2) is 0 Å². The van der Waals surface area contributed by atoms with Gasteiger partial charge in [-0.1, -0.05) is 13.3 Å². The minimum Gasteiger partial charge on any atom is -0.464 e. The fraction of sp³-hybridized carbons (Fsp3) is 0.786. The highest BCUT2D eigenvalue weighted by Gasteiger charge is 2.06. The zero-order valence-corrected chi connectivity index (χ0v) is 13.3. The summed E-state index contributed by atoms with van der Waals surface area (Å²) in [5, 5.41) is 6.24. The molecule has 1 aromatic rings. The van der Waals surface area contributed by atoms with Crippen LogP contribution < -0.4 is 15.4 Å². The van der Waals surface area contributed by atoms with Crippen LogP contribution in [0.15, 0.2) is 0 Å². The third-order valence-electron chi connectivity index (χ3n) is 2.61. The van der Waals surface area contributed by atoms with Crippen molar-refractivity contribution in [1.82, 2.24) is 15.0 Å². The van der Waals surface area contributed by atoms with Crippen molar-refractivity contribution in [3.8, 4) is 6.01 Å². The van der Waals surface area contributed by atoms with E-state index in [1.165, 1.54) is 0 Å². The normalized spacial score (nSPS) is 10.4. The molecule has 0 aliphatic heterocycles. The fourth-order valence-electron chi connectivity index (χ4n) is 1.59. The molecule has 1 heterocycles. The van der Waals surface area contributed by atoms with E-state index in [4.69, 9.17) is 9.47 Å². The van der Waals surface area contributed by atoms with Gasteiger partial charge in [0.05, 0.1) is 6.61 Å². The summed E-state index contributed by atoms with van der Waals surface area (Å²) >= 11 is 0. The molecule has 0 amide bonds. The Morgan fingerprint density at radius 1 is 0.905 bits per heavy atom. The van der Waals surface area contributed by atoms with E-state index in [-0.39, 0.29) is 0 Å². The van der Waals surface area contributed by atoms with Crippen LogP contribution in [0, 0.1) is 0 Å². The number of rotatable bonds is 12. The monoisotopic (exact) mass is 297 g/mol. The number of hydrogen-bond acceptors (Lipinski definition) is 7. The minimum atomic E-state index is 0.338. The van der Waals surface area contributed by atoms with E-state index in [1.54, 1.807) is 0 Å². The first kappa shape index (κ1) is 17.4. The van der Waals surface area contributed by atoms with Crippen molar-refractivity contribution < 1.29 is 9.47 Å². The smallest absolute Gasteiger partial charge is 0.323 e. The van der Waals surface area contributed by atoms with Gasteiger partial charge in [-0.15, -0.1) is 0 Å². The van der Waals surface area contributed by atoms with E-state index in [2.05, 4.69) is 32.5 Å². The van der Waals surface area contributed by atoms with Crippen LogP contribution in [0.2, 0.25) is 0 Å². The van der Waals surface area contributed by atoms with E-state index in [0.29, 0.717) is 24.5 Å². The van der Waals surface area contributed by atoms with E-state index in [0.717, 1.165) is 45.6 Å². The summed E-state index contributed by atoms with van der Waals surface area (Å²) in [6.45, 7) is 9.66. The SMILES string of the molecule is CCCCOCCCNc1nc(NCC)nc(OCC)n1. The Bertz CT molecular complexity index is 365. The zero-order chi connectivity index (χ0) is 15.3. The molecule has 0 spiro atoms. The molecule has 1 rings (SSSR count). The molecular weight excluding hydrogens is 270 g/mol. The molecule has 0 aliphatic rings. The molecule has 0 unspecified atom stereocenters. The molecule has 2 N–H and O–H groups in total. The molecule has 0 atom stereocenters. The number of hydrogen-bond donors (Lipinski definition) is 2. The number of nitrogens with zero attached hydrogens (tertiary/aromatic N) is 3. The lowest BCUT2D eigenvalue weighted by Crippen LogP contribution is -2.12. The van der Waals surface area contributed by atoms with Crippen LogP contribution >= 0.6 is 0 Å². The van der Waals surface area contributed by atoms with E-state index < -0.39 is 0 Å². The maximum absolute atomic E-state index is 5.51. The molecule has 7 nitrogen and oxygen atoms in total. The Kier molecular flexibility index (Phi) is 9.19. The third-order valence-corrected chi connectivity index (χ3v) is 2.61. The second-order valence-electron chi connectivity index (χ2n) is 4.47. The van der Waals surface area contributed by atoms with Crippen LogP contribution in [0.1, 0.15) is 40.0 Å². The first-order valence-electron chi connectivity index (χ1n) is 7.74. The first-order chi connectivity index (χ1) is 10.3. The molecule has 0 aromatic carbocycles. The van der Waals surface area contributed by atoms with Gasteiger partial charge in [-0.3, -0.25) is 0 Å². The molecule has 21 heavy (non-hydrogen) atoms. The van der Waals surface area contributed by atoms with Crippen LogP contribution in [0.3, 0.4) is 0 Å². The van der Waals surface area contributed by atoms with Gasteiger partial charge in [0.2, 0.25) is 11.9 Å². The summed E-state index contributed by atoms with van der Waals surface area (Å²) in [6, 6.07) is 0.338. The number of anilines is 2. The molecule has 0 saturated carbocycles. The molecule has 0 aliphatic carbocycles. The number of unbranched alkanes of at least 4 members (excludes halogenated alkanes) is 1. The lowest BCUT2D eigenvalue weighted by molar-refractivity contribution is 0.131. The van der Waals surface area contributed by atoms with Crippen LogP contribution in [0.25, 0.3) is 0 Å². The highest BCUT2D eigenvalue weighted by atomic mass is 16.5. The first-order valence-corrected chi connectivity index (χ1v) is 7.74. The van der Waals surface area contributed by atoms with Crippen LogP contribution in [-0.2, 0) is 4.74 Å². The van der Waals surface area contributed by atoms with E-state index >= 15 is 0 Å². The van der Waals surface area contributed by atoms with Crippen molar-refractivity contribution in [2.45, 2.75) is 40.0 Å². The van der Waals surface area contributed by atoms with Gasteiger partial charge in [-0.2, -0.15) is 15.0 Å². The lowest BCUT2D eigenvalue weighted by Gasteiger charge is -2.09. The summed E-state index contributed by atoms with van der Waals surface area (Å²) in [5.74, 6) is 1.05. The predicted octanol–water partition coefficient (Wildman–Crippen LogP) is 2.32. The van der Waals surface area contributed by atoms with Crippen molar-refractivity contribution in [1.29, 1.82) is 0 Å². The van der Waals surface area contributed by atoms with Crippen LogP contribution in [-0.4, -0.2) is 47.9 Å². The van der Waals surface area contributed by atoms with Gasteiger partial charge in [0.1, 0.15) is 0 Å². The average Bonchev–Trinajstić information content (AvgIpc) is 2.47. The van der Waals surface area contributed by atoms with Crippen molar-refractivity contribution in [3.63, 3.8) is 0 Å². The Labute approximate surface area is 126 Å². The van der Waals surface area contributed by atoms with Gasteiger partial charge >= 0.3 is 6.01 Å². The third kappa shape index (κ3) is 7.65. The quantitative estimate of drug-likeness (QED) is 0.573. The lowest BCUT2D eigenvalue weighted by atomic mass is 10.4. The highest BCUT2D eigenvalue weighted by molar-refractivity contribution is 5.35. The number of aromatic nitrogens is 3. The van der Waals surface area contributed by atoms with Gasteiger partial charge in [0.25, 0.3) is 0 Å². The van der Waals surface area contributed by atoms with Crippen molar-refractivity contribution >= 4 is 11.9 Å². The Balaban J connectivity index is 2.38. The van der Waals surface area contributed by atoms with Gasteiger partial charge in [0, 0.05) is 26.3 Å². The predicted molar refractivity (Wildman–Crippen MR) is 84.0 cm³/mol. The maximum Gasteiger partial charge on any atom is 0.323 e. The largest absolute Gasteiger partial charge is 0.464 e. The molecule has 7 heteroatoms.